The first kappa shape index (κ1) is 24.4. The summed E-state index contributed by atoms with van der Waals surface area (Å²) in [5.41, 5.74) is 1.18. The average molecular weight is 526 g/mol. The Morgan fingerprint density at radius 2 is 2.00 bits per heavy atom. The molecule has 2 unspecified atom stereocenters. The van der Waals surface area contributed by atoms with E-state index in [1.807, 2.05) is 30.7 Å². The number of hydrogen-bond donors (Lipinski definition) is 2. The Morgan fingerprint density at radius 3 is 2.70 bits per heavy atom. The highest BCUT2D eigenvalue weighted by molar-refractivity contribution is 14.0. The van der Waals surface area contributed by atoms with Crippen molar-refractivity contribution in [2.75, 3.05) is 6.61 Å². The van der Waals surface area contributed by atoms with Crippen LogP contribution in [0.25, 0.3) is 0 Å². The minimum atomic E-state index is 0. The molecular formula is C22H35IN6O. The Morgan fingerprint density at radius 1 is 1.23 bits per heavy atom. The number of aryl methyl sites for hydroxylation is 1. The fourth-order valence-electron chi connectivity index (χ4n) is 3.42. The number of halogens is 1. The molecule has 0 radical (unpaired) electrons. The van der Waals surface area contributed by atoms with Crippen molar-refractivity contribution in [3.05, 3.63) is 41.5 Å². The SMILES string of the molecule is Cc1nnc(CN=C(NC(C)CCC(C)C)NC2CCOc3ccccc32)n1C.I. The van der Waals surface area contributed by atoms with Crippen molar-refractivity contribution in [2.24, 2.45) is 18.0 Å². The molecule has 1 aromatic carbocycles. The second-order valence-electron chi connectivity index (χ2n) is 8.28. The van der Waals surface area contributed by atoms with Crippen LogP contribution in [0.1, 0.15) is 63.3 Å². The average Bonchev–Trinajstić information content (AvgIpc) is 3.03. The van der Waals surface area contributed by atoms with Crippen LogP contribution in [0.3, 0.4) is 0 Å². The smallest absolute Gasteiger partial charge is 0.192 e. The predicted molar refractivity (Wildman–Crippen MR) is 131 cm³/mol. The van der Waals surface area contributed by atoms with Gasteiger partial charge in [0.2, 0.25) is 0 Å². The number of aromatic nitrogens is 3. The molecule has 3 rings (SSSR count). The van der Waals surface area contributed by atoms with E-state index in [0.717, 1.165) is 36.2 Å². The molecule has 0 bridgehead atoms. The second-order valence-corrected chi connectivity index (χ2v) is 8.28. The van der Waals surface area contributed by atoms with Crippen LogP contribution in [0.15, 0.2) is 29.3 Å². The molecule has 1 aliphatic rings. The van der Waals surface area contributed by atoms with Gasteiger partial charge in [-0.2, -0.15) is 0 Å². The molecule has 7 nitrogen and oxygen atoms in total. The Bertz CT molecular complexity index is 835. The van der Waals surface area contributed by atoms with E-state index >= 15 is 0 Å². The maximum Gasteiger partial charge on any atom is 0.192 e. The third-order valence-corrected chi connectivity index (χ3v) is 5.39. The van der Waals surface area contributed by atoms with Gasteiger partial charge in [0.1, 0.15) is 18.1 Å². The molecule has 8 heteroatoms. The van der Waals surface area contributed by atoms with E-state index in [9.17, 15) is 0 Å². The number of ether oxygens (including phenoxy) is 1. The lowest BCUT2D eigenvalue weighted by Gasteiger charge is -2.29. The number of rotatable bonds is 7. The zero-order valence-corrected chi connectivity index (χ0v) is 21.0. The molecule has 2 N–H and O–H groups in total. The van der Waals surface area contributed by atoms with Crippen molar-refractivity contribution in [3.8, 4) is 5.75 Å². The molecule has 0 saturated heterocycles. The minimum absolute atomic E-state index is 0. The number of nitrogens with one attached hydrogen (secondary N) is 2. The van der Waals surface area contributed by atoms with Gasteiger partial charge in [0.05, 0.1) is 12.6 Å². The summed E-state index contributed by atoms with van der Waals surface area (Å²) in [4.78, 5) is 4.83. The fourth-order valence-corrected chi connectivity index (χ4v) is 3.42. The van der Waals surface area contributed by atoms with Gasteiger partial charge in [0, 0.05) is 25.1 Å². The van der Waals surface area contributed by atoms with Gasteiger partial charge >= 0.3 is 0 Å². The Hall–Kier alpha value is -1.84. The quantitative estimate of drug-likeness (QED) is 0.323. The summed E-state index contributed by atoms with van der Waals surface area (Å²) < 4.78 is 7.79. The lowest BCUT2D eigenvalue weighted by molar-refractivity contribution is 0.261. The zero-order valence-electron chi connectivity index (χ0n) is 18.7. The molecule has 30 heavy (non-hydrogen) atoms. The third kappa shape index (κ3) is 6.58. The largest absolute Gasteiger partial charge is 0.493 e. The monoisotopic (exact) mass is 526 g/mol. The number of aliphatic imine (C=N–C) groups is 1. The number of para-hydroxylation sites is 1. The van der Waals surface area contributed by atoms with E-state index in [1.165, 1.54) is 12.0 Å². The highest BCUT2D eigenvalue weighted by Gasteiger charge is 2.22. The molecular weight excluding hydrogens is 491 g/mol. The van der Waals surface area contributed by atoms with Gasteiger partial charge in [0.25, 0.3) is 0 Å². The van der Waals surface area contributed by atoms with Crippen molar-refractivity contribution in [3.63, 3.8) is 0 Å². The Kier molecular flexibility index (Phi) is 9.38. The molecule has 0 fully saturated rings. The molecule has 2 heterocycles. The van der Waals surface area contributed by atoms with Gasteiger partial charge in [-0.25, -0.2) is 4.99 Å². The maximum atomic E-state index is 5.81. The predicted octanol–water partition coefficient (Wildman–Crippen LogP) is 4.13. The molecule has 1 aliphatic heterocycles. The topological polar surface area (TPSA) is 76.4 Å². The lowest BCUT2D eigenvalue weighted by atomic mass is 10.0. The summed E-state index contributed by atoms with van der Waals surface area (Å²) >= 11 is 0. The molecule has 0 amide bonds. The first-order valence-electron chi connectivity index (χ1n) is 10.6. The van der Waals surface area contributed by atoms with Crippen molar-refractivity contribution < 1.29 is 4.74 Å². The summed E-state index contributed by atoms with van der Waals surface area (Å²) in [5.74, 6) is 4.19. The van der Waals surface area contributed by atoms with Crippen molar-refractivity contribution >= 4 is 29.9 Å². The first-order chi connectivity index (χ1) is 13.9. The Labute approximate surface area is 197 Å². The van der Waals surface area contributed by atoms with Crippen LogP contribution in [-0.2, 0) is 13.6 Å². The lowest BCUT2D eigenvalue weighted by Crippen LogP contribution is -2.45. The highest BCUT2D eigenvalue weighted by atomic mass is 127. The van der Waals surface area contributed by atoms with Gasteiger partial charge in [-0.3, -0.25) is 0 Å². The third-order valence-electron chi connectivity index (χ3n) is 5.39. The van der Waals surface area contributed by atoms with E-state index in [4.69, 9.17) is 9.73 Å². The van der Waals surface area contributed by atoms with Gasteiger partial charge < -0.3 is 19.9 Å². The molecule has 0 aliphatic carbocycles. The number of hydrogen-bond acceptors (Lipinski definition) is 4. The molecule has 166 valence electrons. The van der Waals surface area contributed by atoms with Crippen molar-refractivity contribution in [1.29, 1.82) is 0 Å². The standard InChI is InChI=1S/C22H34N6O.HI/c1-15(2)10-11-16(3)24-22(23-14-21-27-26-17(4)28(21)5)25-19-12-13-29-20-9-7-6-8-18(19)20;/h6-9,15-16,19H,10-14H2,1-5H3,(H2,23,24,25);1H. The van der Waals surface area contributed by atoms with Crippen LogP contribution >= 0.6 is 24.0 Å². The zero-order chi connectivity index (χ0) is 20.8. The van der Waals surface area contributed by atoms with Crippen LogP contribution < -0.4 is 15.4 Å². The summed E-state index contributed by atoms with van der Waals surface area (Å²) in [6.07, 6.45) is 3.19. The molecule has 0 saturated carbocycles. The van der Waals surface area contributed by atoms with Crippen LogP contribution in [-0.4, -0.2) is 33.4 Å². The number of fused-ring (bicyclic) bond motifs is 1. The number of guanidine groups is 1. The van der Waals surface area contributed by atoms with E-state index in [-0.39, 0.29) is 30.0 Å². The molecule has 1 aromatic heterocycles. The first-order valence-corrected chi connectivity index (χ1v) is 10.6. The summed E-state index contributed by atoms with van der Waals surface area (Å²) in [6, 6.07) is 8.72. The van der Waals surface area contributed by atoms with Crippen LogP contribution in [0, 0.1) is 12.8 Å². The summed E-state index contributed by atoms with van der Waals surface area (Å²) in [6.45, 7) is 9.86. The molecule has 2 aromatic rings. The van der Waals surface area contributed by atoms with E-state index in [1.54, 1.807) is 0 Å². The van der Waals surface area contributed by atoms with E-state index in [0.29, 0.717) is 25.1 Å². The summed E-state index contributed by atoms with van der Waals surface area (Å²) in [5, 5.41) is 15.6. The Balaban J connectivity index is 0.00000320. The van der Waals surface area contributed by atoms with Crippen molar-refractivity contribution in [1.82, 2.24) is 25.4 Å². The fraction of sp³-hybridized carbons (Fsp3) is 0.591. The highest BCUT2D eigenvalue weighted by Crippen LogP contribution is 2.31. The van der Waals surface area contributed by atoms with Gasteiger partial charge in [-0.1, -0.05) is 32.0 Å². The normalized spacial score (nSPS) is 17.0. The second kappa shape index (κ2) is 11.5. The molecule has 0 spiro atoms. The molecule has 2 atom stereocenters. The number of benzene rings is 1. The van der Waals surface area contributed by atoms with Crippen LogP contribution in [0.4, 0.5) is 0 Å². The number of nitrogens with zero attached hydrogens (tertiary/aromatic N) is 4. The van der Waals surface area contributed by atoms with E-state index in [2.05, 4.69) is 53.7 Å². The van der Waals surface area contributed by atoms with E-state index < -0.39 is 0 Å². The van der Waals surface area contributed by atoms with Gasteiger partial charge in [0.15, 0.2) is 11.8 Å². The van der Waals surface area contributed by atoms with Crippen LogP contribution in [0.2, 0.25) is 0 Å². The van der Waals surface area contributed by atoms with Gasteiger partial charge in [-0.15, -0.1) is 34.2 Å². The van der Waals surface area contributed by atoms with Crippen LogP contribution in [0.5, 0.6) is 5.75 Å². The summed E-state index contributed by atoms with van der Waals surface area (Å²) in [7, 11) is 1.97. The maximum absolute atomic E-state index is 5.81. The van der Waals surface area contributed by atoms with Gasteiger partial charge in [-0.05, 0) is 38.7 Å². The van der Waals surface area contributed by atoms with Crippen molar-refractivity contribution in [2.45, 2.75) is 65.6 Å². The minimum Gasteiger partial charge on any atom is -0.493 e.